The largest absolute Gasteiger partial charge is 0.310 e. The van der Waals surface area contributed by atoms with Crippen molar-refractivity contribution in [2.45, 2.75) is 45.1 Å². The summed E-state index contributed by atoms with van der Waals surface area (Å²) in [7, 11) is 0. The second-order valence-corrected chi connectivity index (χ2v) is 6.55. The molecule has 1 nitrogen and oxygen atoms in total. The molecule has 2 saturated carbocycles. The lowest BCUT2D eigenvalue weighted by atomic mass is 9.99. The molecule has 0 amide bonds. The molecule has 0 saturated heterocycles. The fourth-order valence-corrected chi connectivity index (χ4v) is 4.28. The second-order valence-electron chi connectivity index (χ2n) is 6.14. The van der Waals surface area contributed by atoms with E-state index in [1.54, 1.807) is 0 Å². The minimum atomic E-state index is 0.474. The predicted octanol–water partition coefficient (Wildman–Crippen LogP) is 4.82. The van der Waals surface area contributed by atoms with Crippen LogP contribution in [-0.2, 0) is 0 Å². The maximum absolute atomic E-state index is 6.43. The van der Waals surface area contributed by atoms with Gasteiger partial charge >= 0.3 is 0 Å². The number of hydrogen-bond acceptors (Lipinski definition) is 1. The minimum absolute atomic E-state index is 0.474. The molecule has 1 aromatic carbocycles. The van der Waals surface area contributed by atoms with Gasteiger partial charge in [0, 0.05) is 11.1 Å². The zero-order valence-corrected chi connectivity index (χ0v) is 12.5. The SMILES string of the molecule is CCCNC(c1ccccc1Cl)C1C2CCCCC21. The van der Waals surface area contributed by atoms with Gasteiger partial charge in [-0.1, -0.05) is 49.6 Å². The summed E-state index contributed by atoms with van der Waals surface area (Å²) in [6, 6.07) is 8.86. The summed E-state index contributed by atoms with van der Waals surface area (Å²) in [6.45, 7) is 3.32. The summed E-state index contributed by atoms with van der Waals surface area (Å²) in [5, 5.41) is 4.69. The number of fused-ring (bicyclic) bond motifs is 1. The van der Waals surface area contributed by atoms with Crippen LogP contribution < -0.4 is 5.32 Å². The monoisotopic (exact) mass is 277 g/mol. The molecule has 2 fully saturated rings. The van der Waals surface area contributed by atoms with Gasteiger partial charge in [0.1, 0.15) is 0 Å². The van der Waals surface area contributed by atoms with Crippen molar-refractivity contribution in [2.75, 3.05) is 6.54 Å². The second kappa shape index (κ2) is 5.85. The van der Waals surface area contributed by atoms with Gasteiger partial charge < -0.3 is 5.32 Å². The van der Waals surface area contributed by atoms with E-state index in [1.807, 2.05) is 12.1 Å². The van der Waals surface area contributed by atoms with Crippen molar-refractivity contribution in [2.24, 2.45) is 17.8 Å². The van der Waals surface area contributed by atoms with E-state index in [2.05, 4.69) is 24.4 Å². The highest BCUT2D eigenvalue weighted by Crippen LogP contribution is 2.60. The standard InChI is InChI=1S/C17H24ClN/c1-2-11-19-17(14-9-5-6-10-15(14)18)16-12-7-3-4-8-13(12)16/h5-6,9-10,12-13,16-17,19H,2-4,7-8,11H2,1H3. The van der Waals surface area contributed by atoms with Crippen molar-refractivity contribution in [3.63, 3.8) is 0 Å². The summed E-state index contributed by atoms with van der Waals surface area (Å²) in [5.74, 6) is 2.74. The van der Waals surface area contributed by atoms with Crippen LogP contribution in [0, 0.1) is 17.8 Å². The maximum Gasteiger partial charge on any atom is 0.0453 e. The minimum Gasteiger partial charge on any atom is -0.310 e. The van der Waals surface area contributed by atoms with Gasteiger partial charge in [0.25, 0.3) is 0 Å². The molecule has 0 spiro atoms. The quantitative estimate of drug-likeness (QED) is 0.814. The Morgan fingerprint density at radius 3 is 2.53 bits per heavy atom. The molecule has 2 heteroatoms. The normalized spacial score (nSPS) is 30.7. The zero-order chi connectivity index (χ0) is 13.2. The van der Waals surface area contributed by atoms with Crippen molar-refractivity contribution in [1.29, 1.82) is 0 Å². The topological polar surface area (TPSA) is 12.0 Å². The molecule has 1 N–H and O–H groups in total. The molecule has 3 atom stereocenters. The van der Waals surface area contributed by atoms with Crippen LogP contribution in [0.3, 0.4) is 0 Å². The average Bonchev–Trinajstić information content (AvgIpc) is 3.16. The summed E-state index contributed by atoms with van der Waals surface area (Å²) < 4.78 is 0. The molecule has 0 heterocycles. The van der Waals surface area contributed by atoms with Crippen molar-refractivity contribution < 1.29 is 0 Å². The van der Waals surface area contributed by atoms with Crippen molar-refractivity contribution in [3.8, 4) is 0 Å². The molecule has 0 radical (unpaired) electrons. The first-order valence-electron chi connectivity index (χ1n) is 7.80. The molecule has 19 heavy (non-hydrogen) atoms. The first kappa shape index (κ1) is 13.5. The van der Waals surface area contributed by atoms with Crippen LogP contribution in [0.2, 0.25) is 5.02 Å². The molecule has 0 aliphatic heterocycles. The van der Waals surface area contributed by atoms with E-state index < -0.39 is 0 Å². The number of hydrogen-bond donors (Lipinski definition) is 1. The van der Waals surface area contributed by atoms with E-state index in [9.17, 15) is 0 Å². The lowest BCUT2D eigenvalue weighted by Crippen LogP contribution is -2.25. The average molecular weight is 278 g/mol. The summed E-state index contributed by atoms with van der Waals surface area (Å²) in [6.07, 6.45) is 6.92. The first-order valence-corrected chi connectivity index (χ1v) is 8.18. The van der Waals surface area contributed by atoms with Crippen molar-refractivity contribution in [3.05, 3.63) is 34.9 Å². The Morgan fingerprint density at radius 2 is 1.89 bits per heavy atom. The van der Waals surface area contributed by atoms with Gasteiger partial charge in [-0.2, -0.15) is 0 Å². The van der Waals surface area contributed by atoms with Gasteiger partial charge in [-0.3, -0.25) is 0 Å². The fourth-order valence-electron chi connectivity index (χ4n) is 4.02. The molecule has 1 aromatic rings. The predicted molar refractivity (Wildman–Crippen MR) is 81.4 cm³/mol. The molecule has 104 valence electrons. The van der Waals surface area contributed by atoms with E-state index >= 15 is 0 Å². The molecular weight excluding hydrogens is 254 g/mol. The molecule has 0 aromatic heterocycles. The number of benzene rings is 1. The summed E-state index contributed by atoms with van der Waals surface area (Å²) in [4.78, 5) is 0. The Labute approximate surface area is 121 Å². The fraction of sp³-hybridized carbons (Fsp3) is 0.647. The highest BCUT2D eigenvalue weighted by Gasteiger charge is 2.54. The number of nitrogens with one attached hydrogen (secondary N) is 1. The number of rotatable bonds is 5. The molecule has 3 rings (SSSR count). The third kappa shape index (κ3) is 2.68. The third-order valence-electron chi connectivity index (χ3n) is 4.96. The Kier molecular flexibility index (Phi) is 4.14. The smallest absolute Gasteiger partial charge is 0.0453 e. The van der Waals surface area contributed by atoms with Crippen LogP contribution in [0.4, 0.5) is 0 Å². The zero-order valence-electron chi connectivity index (χ0n) is 11.7. The molecule has 2 aliphatic carbocycles. The van der Waals surface area contributed by atoms with E-state index in [4.69, 9.17) is 11.6 Å². The Balaban J connectivity index is 1.80. The van der Waals surface area contributed by atoms with Crippen molar-refractivity contribution in [1.82, 2.24) is 5.32 Å². The van der Waals surface area contributed by atoms with Crippen LogP contribution in [0.25, 0.3) is 0 Å². The lowest BCUT2D eigenvalue weighted by Gasteiger charge is -2.21. The third-order valence-corrected chi connectivity index (χ3v) is 5.31. The van der Waals surface area contributed by atoms with E-state index in [0.29, 0.717) is 6.04 Å². The highest BCUT2D eigenvalue weighted by molar-refractivity contribution is 6.31. The van der Waals surface area contributed by atoms with Gasteiger partial charge in [-0.25, -0.2) is 0 Å². The molecule has 0 bridgehead atoms. The van der Waals surface area contributed by atoms with Gasteiger partial charge in [-0.15, -0.1) is 0 Å². The lowest BCUT2D eigenvalue weighted by molar-refractivity contribution is 0.446. The molecule has 2 aliphatic rings. The van der Waals surface area contributed by atoms with Gasteiger partial charge in [0.15, 0.2) is 0 Å². The van der Waals surface area contributed by atoms with E-state index in [0.717, 1.165) is 29.3 Å². The van der Waals surface area contributed by atoms with Crippen LogP contribution in [0.1, 0.15) is 50.6 Å². The van der Waals surface area contributed by atoms with Gasteiger partial charge in [0.2, 0.25) is 0 Å². The van der Waals surface area contributed by atoms with Crippen LogP contribution in [-0.4, -0.2) is 6.54 Å². The Morgan fingerprint density at radius 1 is 1.21 bits per heavy atom. The highest BCUT2D eigenvalue weighted by atomic mass is 35.5. The van der Waals surface area contributed by atoms with Gasteiger partial charge in [-0.05, 0) is 55.2 Å². The van der Waals surface area contributed by atoms with Crippen molar-refractivity contribution >= 4 is 11.6 Å². The van der Waals surface area contributed by atoms with Crippen LogP contribution in [0.5, 0.6) is 0 Å². The van der Waals surface area contributed by atoms with E-state index in [-0.39, 0.29) is 0 Å². The van der Waals surface area contributed by atoms with E-state index in [1.165, 1.54) is 37.7 Å². The first-order chi connectivity index (χ1) is 9.33. The van der Waals surface area contributed by atoms with Gasteiger partial charge in [0.05, 0.1) is 0 Å². The Hall–Kier alpha value is -0.530. The summed E-state index contributed by atoms with van der Waals surface area (Å²) in [5.41, 5.74) is 1.32. The molecular formula is C17H24ClN. The summed E-state index contributed by atoms with van der Waals surface area (Å²) >= 11 is 6.43. The van der Waals surface area contributed by atoms with Crippen LogP contribution >= 0.6 is 11.6 Å². The number of halogens is 1. The maximum atomic E-state index is 6.43. The molecule has 3 unspecified atom stereocenters. The van der Waals surface area contributed by atoms with Crippen LogP contribution in [0.15, 0.2) is 24.3 Å². The Bertz CT molecular complexity index is 419.